The van der Waals surface area contributed by atoms with Crippen molar-refractivity contribution in [2.75, 3.05) is 26.2 Å². The molecule has 0 aromatic rings. The molecule has 1 saturated heterocycles. The van der Waals surface area contributed by atoms with Crippen LogP contribution in [0.4, 0.5) is 0 Å². The zero-order valence-corrected chi connectivity index (χ0v) is 7.38. The van der Waals surface area contributed by atoms with Crippen molar-refractivity contribution in [3.8, 4) is 0 Å². The molecule has 0 aromatic carbocycles. The van der Waals surface area contributed by atoms with E-state index in [0.717, 1.165) is 26.2 Å². The summed E-state index contributed by atoms with van der Waals surface area (Å²) >= 11 is 0. The number of rotatable bonds is 2. The highest BCUT2D eigenvalue weighted by Gasteiger charge is 2.18. The number of nitrogens with zero attached hydrogens (tertiary/aromatic N) is 1. The third-order valence-electron chi connectivity index (χ3n) is 2.14. The SMILES string of the molecule is CC(O)CN1CCNCC1C. The Morgan fingerprint density at radius 3 is 3.00 bits per heavy atom. The molecule has 0 bridgehead atoms. The van der Waals surface area contributed by atoms with Crippen LogP contribution in [0.15, 0.2) is 0 Å². The number of β-amino-alcohol motifs (C(OH)–C–C–N with tert-alkyl or cyclic N) is 1. The van der Waals surface area contributed by atoms with Crippen LogP contribution in [0.25, 0.3) is 0 Å². The van der Waals surface area contributed by atoms with E-state index < -0.39 is 0 Å². The molecule has 11 heavy (non-hydrogen) atoms. The van der Waals surface area contributed by atoms with Gasteiger partial charge in [-0.25, -0.2) is 0 Å². The minimum absolute atomic E-state index is 0.199. The number of nitrogens with one attached hydrogen (secondary N) is 1. The van der Waals surface area contributed by atoms with Crippen molar-refractivity contribution in [1.82, 2.24) is 10.2 Å². The quantitative estimate of drug-likeness (QED) is 0.577. The molecular formula is C8H18N2O. The topological polar surface area (TPSA) is 35.5 Å². The monoisotopic (exact) mass is 158 g/mol. The minimum atomic E-state index is -0.199. The Hall–Kier alpha value is -0.120. The highest BCUT2D eigenvalue weighted by atomic mass is 16.3. The maximum Gasteiger partial charge on any atom is 0.0639 e. The predicted molar refractivity (Wildman–Crippen MR) is 45.6 cm³/mol. The van der Waals surface area contributed by atoms with Crippen LogP contribution in [0, 0.1) is 0 Å². The van der Waals surface area contributed by atoms with Crippen LogP contribution >= 0.6 is 0 Å². The van der Waals surface area contributed by atoms with Gasteiger partial charge in [0.2, 0.25) is 0 Å². The molecule has 66 valence electrons. The Balaban J connectivity index is 2.29. The molecule has 2 atom stereocenters. The van der Waals surface area contributed by atoms with Crippen LogP contribution in [-0.4, -0.2) is 48.3 Å². The fourth-order valence-corrected chi connectivity index (χ4v) is 1.49. The van der Waals surface area contributed by atoms with Crippen LogP contribution in [0.1, 0.15) is 13.8 Å². The zero-order chi connectivity index (χ0) is 8.27. The number of aliphatic hydroxyl groups excluding tert-OH is 1. The van der Waals surface area contributed by atoms with Crippen molar-refractivity contribution in [2.45, 2.75) is 26.0 Å². The maximum atomic E-state index is 9.16. The molecule has 2 N–H and O–H groups in total. The Kier molecular flexibility index (Phi) is 3.30. The van der Waals surface area contributed by atoms with Gasteiger partial charge < -0.3 is 10.4 Å². The second kappa shape index (κ2) is 4.04. The number of piperazine rings is 1. The van der Waals surface area contributed by atoms with E-state index in [0.29, 0.717) is 6.04 Å². The van der Waals surface area contributed by atoms with E-state index in [1.165, 1.54) is 0 Å². The van der Waals surface area contributed by atoms with Crippen molar-refractivity contribution in [2.24, 2.45) is 0 Å². The molecule has 0 amide bonds. The number of hydrogen-bond donors (Lipinski definition) is 2. The molecule has 3 heteroatoms. The van der Waals surface area contributed by atoms with Crippen molar-refractivity contribution in [3.63, 3.8) is 0 Å². The Morgan fingerprint density at radius 1 is 1.73 bits per heavy atom. The van der Waals surface area contributed by atoms with Gasteiger partial charge in [-0.15, -0.1) is 0 Å². The molecule has 1 heterocycles. The lowest BCUT2D eigenvalue weighted by atomic mass is 10.2. The average Bonchev–Trinajstić information content (AvgIpc) is 1.93. The summed E-state index contributed by atoms with van der Waals surface area (Å²) in [4.78, 5) is 2.32. The van der Waals surface area contributed by atoms with E-state index in [4.69, 9.17) is 5.11 Å². The van der Waals surface area contributed by atoms with Crippen molar-refractivity contribution in [1.29, 1.82) is 0 Å². The van der Waals surface area contributed by atoms with E-state index in [2.05, 4.69) is 17.1 Å². The molecule has 0 aromatic heterocycles. The highest BCUT2D eigenvalue weighted by molar-refractivity contribution is 4.76. The van der Waals surface area contributed by atoms with E-state index in [-0.39, 0.29) is 6.10 Å². The molecule has 0 saturated carbocycles. The number of hydrogen-bond acceptors (Lipinski definition) is 3. The zero-order valence-electron chi connectivity index (χ0n) is 7.38. The molecule has 1 aliphatic heterocycles. The highest BCUT2D eigenvalue weighted by Crippen LogP contribution is 2.02. The average molecular weight is 158 g/mol. The summed E-state index contributed by atoms with van der Waals surface area (Å²) in [7, 11) is 0. The van der Waals surface area contributed by atoms with Crippen molar-refractivity contribution < 1.29 is 5.11 Å². The van der Waals surface area contributed by atoms with Gasteiger partial charge in [0.15, 0.2) is 0 Å². The van der Waals surface area contributed by atoms with Gasteiger partial charge >= 0.3 is 0 Å². The molecule has 3 nitrogen and oxygen atoms in total. The first-order chi connectivity index (χ1) is 5.20. The van der Waals surface area contributed by atoms with Gasteiger partial charge in [0, 0.05) is 32.2 Å². The van der Waals surface area contributed by atoms with Gasteiger partial charge in [-0.2, -0.15) is 0 Å². The largest absolute Gasteiger partial charge is 0.392 e. The third kappa shape index (κ3) is 2.77. The second-order valence-electron chi connectivity index (χ2n) is 3.40. The first kappa shape index (κ1) is 8.97. The summed E-state index contributed by atoms with van der Waals surface area (Å²) in [5.41, 5.74) is 0. The Labute approximate surface area is 68.4 Å². The van der Waals surface area contributed by atoms with Crippen LogP contribution in [0.3, 0.4) is 0 Å². The molecule has 0 aliphatic carbocycles. The lowest BCUT2D eigenvalue weighted by molar-refractivity contribution is 0.0897. The summed E-state index contributed by atoms with van der Waals surface area (Å²) < 4.78 is 0. The molecule has 1 fully saturated rings. The van der Waals surface area contributed by atoms with E-state index in [1.807, 2.05) is 6.92 Å². The standard InChI is InChI=1S/C8H18N2O/c1-7-5-9-3-4-10(7)6-8(2)11/h7-9,11H,3-6H2,1-2H3. The third-order valence-corrected chi connectivity index (χ3v) is 2.14. The van der Waals surface area contributed by atoms with Crippen LogP contribution < -0.4 is 5.32 Å². The molecular weight excluding hydrogens is 140 g/mol. The van der Waals surface area contributed by atoms with Crippen molar-refractivity contribution in [3.05, 3.63) is 0 Å². The lowest BCUT2D eigenvalue weighted by Gasteiger charge is -2.34. The maximum absolute atomic E-state index is 9.16. The fourth-order valence-electron chi connectivity index (χ4n) is 1.49. The van der Waals surface area contributed by atoms with E-state index in [9.17, 15) is 0 Å². The molecule has 1 aliphatic rings. The summed E-state index contributed by atoms with van der Waals surface area (Å²) in [6.07, 6.45) is -0.199. The van der Waals surface area contributed by atoms with Crippen LogP contribution in [-0.2, 0) is 0 Å². The fraction of sp³-hybridized carbons (Fsp3) is 1.00. The van der Waals surface area contributed by atoms with E-state index >= 15 is 0 Å². The normalized spacial score (nSPS) is 30.3. The molecule has 2 unspecified atom stereocenters. The molecule has 1 rings (SSSR count). The van der Waals surface area contributed by atoms with Gasteiger partial charge in [0.25, 0.3) is 0 Å². The molecule has 0 spiro atoms. The summed E-state index contributed by atoms with van der Waals surface area (Å²) in [6, 6.07) is 0.568. The smallest absolute Gasteiger partial charge is 0.0639 e. The van der Waals surface area contributed by atoms with Crippen LogP contribution in [0.5, 0.6) is 0 Å². The van der Waals surface area contributed by atoms with Gasteiger partial charge in [-0.3, -0.25) is 4.90 Å². The lowest BCUT2D eigenvalue weighted by Crippen LogP contribution is -2.51. The second-order valence-corrected chi connectivity index (χ2v) is 3.40. The Morgan fingerprint density at radius 2 is 2.45 bits per heavy atom. The van der Waals surface area contributed by atoms with E-state index in [1.54, 1.807) is 0 Å². The van der Waals surface area contributed by atoms with Crippen molar-refractivity contribution >= 4 is 0 Å². The number of aliphatic hydroxyl groups is 1. The minimum Gasteiger partial charge on any atom is -0.392 e. The van der Waals surface area contributed by atoms with Crippen LogP contribution in [0.2, 0.25) is 0 Å². The first-order valence-electron chi connectivity index (χ1n) is 4.33. The van der Waals surface area contributed by atoms with Gasteiger partial charge in [-0.05, 0) is 13.8 Å². The molecule has 0 radical (unpaired) electrons. The van der Waals surface area contributed by atoms with Gasteiger partial charge in [0.05, 0.1) is 6.10 Å². The summed E-state index contributed by atoms with van der Waals surface area (Å²) in [6.45, 7) is 8.00. The van der Waals surface area contributed by atoms with Gasteiger partial charge in [-0.1, -0.05) is 0 Å². The first-order valence-corrected chi connectivity index (χ1v) is 4.33. The van der Waals surface area contributed by atoms with Gasteiger partial charge in [0.1, 0.15) is 0 Å². The summed E-state index contributed by atoms with van der Waals surface area (Å²) in [5.74, 6) is 0. The Bertz CT molecular complexity index is 117. The predicted octanol–water partition coefficient (Wildman–Crippen LogP) is -0.339. The summed E-state index contributed by atoms with van der Waals surface area (Å²) in [5, 5.41) is 12.5.